The van der Waals surface area contributed by atoms with Gasteiger partial charge in [-0.15, -0.1) is 0 Å². The van der Waals surface area contributed by atoms with E-state index in [0.29, 0.717) is 6.54 Å². The summed E-state index contributed by atoms with van der Waals surface area (Å²) in [6, 6.07) is 6.58. The Balaban J connectivity index is 2.29. The van der Waals surface area contributed by atoms with Crippen LogP contribution in [-0.4, -0.2) is 15.6 Å². The van der Waals surface area contributed by atoms with E-state index in [1.54, 1.807) is 34.3 Å². The number of carbonyl (C=O) groups is 1. The molecule has 0 fully saturated rings. The average Bonchev–Trinajstić information content (AvgIpc) is 2.65. The predicted octanol–water partition coefficient (Wildman–Crippen LogP) is 1.66. The van der Waals surface area contributed by atoms with E-state index in [0.717, 1.165) is 16.9 Å². The summed E-state index contributed by atoms with van der Waals surface area (Å²) in [4.78, 5) is 22.0. The van der Waals surface area contributed by atoms with Crippen molar-refractivity contribution in [2.24, 2.45) is 0 Å². The van der Waals surface area contributed by atoms with Crippen LogP contribution < -0.4 is 4.87 Å². The molecule has 1 aromatic carbocycles. The lowest BCUT2D eigenvalue weighted by molar-refractivity contribution is 0.0697. The van der Waals surface area contributed by atoms with E-state index in [1.807, 2.05) is 0 Å². The molecular weight excluding hydrogens is 226 g/mol. The molecule has 0 aliphatic heterocycles. The van der Waals surface area contributed by atoms with Gasteiger partial charge in [0.2, 0.25) is 0 Å². The molecule has 0 radical (unpaired) electrons. The molecule has 16 heavy (non-hydrogen) atoms. The third-order valence-corrected chi connectivity index (χ3v) is 2.86. The van der Waals surface area contributed by atoms with E-state index in [9.17, 15) is 9.59 Å². The Morgan fingerprint density at radius 2 is 2.25 bits per heavy atom. The summed E-state index contributed by atoms with van der Waals surface area (Å²) in [5, 5.41) is 10.5. The first kappa shape index (κ1) is 10.6. The van der Waals surface area contributed by atoms with Gasteiger partial charge in [0.25, 0.3) is 0 Å². The van der Waals surface area contributed by atoms with Gasteiger partial charge in [-0.25, -0.2) is 4.79 Å². The Bertz CT molecular complexity index is 570. The van der Waals surface area contributed by atoms with Crippen molar-refractivity contribution >= 4 is 17.3 Å². The summed E-state index contributed by atoms with van der Waals surface area (Å²) in [7, 11) is 0. The van der Waals surface area contributed by atoms with Gasteiger partial charge < -0.3 is 9.67 Å². The number of thiazole rings is 1. The van der Waals surface area contributed by atoms with Crippen LogP contribution in [0, 0.1) is 0 Å². The summed E-state index contributed by atoms with van der Waals surface area (Å²) in [5.74, 6) is -0.959. The third-order valence-electron chi connectivity index (χ3n) is 2.17. The molecule has 4 nitrogen and oxygen atoms in total. The smallest absolute Gasteiger partial charge is 0.335 e. The lowest BCUT2D eigenvalue weighted by Crippen LogP contribution is -2.12. The second-order valence-electron chi connectivity index (χ2n) is 3.30. The van der Waals surface area contributed by atoms with Crippen molar-refractivity contribution in [3.05, 3.63) is 56.6 Å². The molecule has 1 heterocycles. The van der Waals surface area contributed by atoms with Gasteiger partial charge in [-0.1, -0.05) is 23.5 Å². The van der Waals surface area contributed by atoms with Crippen LogP contribution in [0.25, 0.3) is 0 Å². The Morgan fingerprint density at radius 1 is 1.44 bits per heavy atom. The van der Waals surface area contributed by atoms with Crippen molar-refractivity contribution in [2.45, 2.75) is 6.54 Å². The van der Waals surface area contributed by atoms with Crippen LogP contribution in [0.15, 0.2) is 40.6 Å². The van der Waals surface area contributed by atoms with E-state index < -0.39 is 5.97 Å². The number of carboxylic acids is 1. The molecule has 0 aliphatic carbocycles. The molecule has 0 saturated carbocycles. The minimum atomic E-state index is -0.959. The minimum absolute atomic E-state index is 0.0410. The van der Waals surface area contributed by atoms with Crippen molar-refractivity contribution in [3.63, 3.8) is 0 Å². The van der Waals surface area contributed by atoms with Gasteiger partial charge in [0.05, 0.1) is 12.1 Å². The molecule has 0 unspecified atom stereocenters. The Labute approximate surface area is 95.4 Å². The summed E-state index contributed by atoms with van der Waals surface area (Å²) in [6.45, 7) is 0.406. The predicted molar refractivity (Wildman–Crippen MR) is 61.1 cm³/mol. The molecule has 0 atom stereocenters. The molecule has 2 aromatic rings. The van der Waals surface area contributed by atoms with Crippen molar-refractivity contribution in [3.8, 4) is 0 Å². The zero-order chi connectivity index (χ0) is 11.5. The molecule has 2 rings (SSSR count). The zero-order valence-electron chi connectivity index (χ0n) is 8.29. The largest absolute Gasteiger partial charge is 0.478 e. The molecule has 82 valence electrons. The van der Waals surface area contributed by atoms with Gasteiger partial charge in [0.15, 0.2) is 0 Å². The number of rotatable bonds is 3. The summed E-state index contributed by atoms with van der Waals surface area (Å²) in [5.41, 5.74) is 1.04. The standard InChI is InChI=1S/C11H9NO3S/c13-10(14)9-3-1-2-8(6-9)7-12-4-5-16-11(12)15/h1-6H,7H2,(H,13,14). The maximum atomic E-state index is 11.3. The van der Waals surface area contributed by atoms with E-state index in [2.05, 4.69) is 0 Å². The summed E-state index contributed by atoms with van der Waals surface area (Å²) in [6.07, 6.45) is 1.69. The van der Waals surface area contributed by atoms with Gasteiger partial charge in [-0.2, -0.15) is 0 Å². The first-order valence-electron chi connectivity index (χ1n) is 4.63. The number of aromatic carboxylic acids is 1. The third kappa shape index (κ3) is 2.20. The maximum absolute atomic E-state index is 11.3. The fraction of sp³-hybridized carbons (Fsp3) is 0.0909. The lowest BCUT2D eigenvalue weighted by atomic mass is 10.1. The van der Waals surface area contributed by atoms with E-state index in [-0.39, 0.29) is 10.4 Å². The Kier molecular flexibility index (Phi) is 2.87. The highest BCUT2D eigenvalue weighted by Gasteiger charge is 2.04. The molecule has 5 heteroatoms. The molecule has 0 spiro atoms. The summed E-state index contributed by atoms with van der Waals surface area (Å²) < 4.78 is 1.55. The fourth-order valence-electron chi connectivity index (χ4n) is 1.41. The molecule has 0 aliphatic rings. The quantitative estimate of drug-likeness (QED) is 0.880. The minimum Gasteiger partial charge on any atom is -0.478 e. The SMILES string of the molecule is O=C(O)c1cccc(Cn2ccsc2=O)c1. The number of nitrogens with zero attached hydrogens (tertiary/aromatic N) is 1. The lowest BCUT2D eigenvalue weighted by Gasteiger charge is -2.02. The normalized spacial score (nSPS) is 10.2. The number of aromatic nitrogens is 1. The highest BCUT2D eigenvalue weighted by atomic mass is 32.1. The van der Waals surface area contributed by atoms with Gasteiger partial charge in [0, 0.05) is 11.6 Å². The monoisotopic (exact) mass is 235 g/mol. The average molecular weight is 235 g/mol. The number of hydrogen-bond acceptors (Lipinski definition) is 3. The van der Waals surface area contributed by atoms with Crippen LogP contribution in [0.2, 0.25) is 0 Å². The second kappa shape index (κ2) is 4.32. The van der Waals surface area contributed by atoms with Crippen LogP contribution >= 0.6 is 11.3 Å². The topological polar surface area (TPSA) is 59.3 Å². The Morgan fingerprint density at radius 3 is 2.88 bits per heavy atom. The highest BCUT2D eigenvalue weighted by molar-refractivity contribution is 7.07. The fourth-order valence-corrected chi connectivity index (χ4v) is 1.99. The molecule has 0 saturated heterocycles. The highest BCUT2D eigenvalue weighted by Crippen LogP contribution is 2.07. The van der Waals surface area contributed by atoms with E-state index in [1.165, 1.54) is 6.07 Å². The van der Waals surface area contributed by atoms with E-state index >= 15 is 0 Å². The summed E-state index contributed by atoms with van der Waals surface area (Å²) >= 11 is 1.13. The van der Waals surface area contributed by atoms with Crippen LogP contribution in [0.4, 0.5) is 0 Å². The first-order chi connectivity index (χ1) is 7.66. The van der Waals surface area contributed by atoms with Gasteiger partial charge >= 0.3 is 10.8 Å². The van der Waals surface area contributed by atoms with Crippen molar-refractivity contribution in [2.75, 3.05) is 0 Å². The van der Waals surface area contributed by atoms with Crippen LogP contribution in [0.1, 0.15) is 15.9 Å². The van der Waals surface area contributed by atoms with Crippen LogP contribution in [-0.2, 0) is 6.54 Å². The second-order valence-corrected chi connectivity index (χ2v) is 4.16. The molecule has 0 bridgehead atoms. The first-order valence-corrected chi connectivity index (χ1v) is 5.51. The number of hydrogen-bond donors (Lipinski definition) is 1. The van der Waals surface area contributed by atoms with Gasteiger partial charge in [-0.3, -0.25) is 4.79 Å². The van der Waals surface area contributed by atoms with E-state index in [4.69, 9.17) is 5.11 Å². The Hall–Kier alpha value is -1.88. The number of carboxylic acid groups (broad SMARTS) is 1. The van der Waals surface area contributed by atoms with Crippen molar-refractivity contribution < 1.29 is 9.90 Å². The van der Waals surface area contributed by atoms with Gasteiger partial charge in [0.1, 0.15) is 0 Å². The molecule has 1 aromatic heterocycles. The molecular formula is C11H9NO3S. The maximum Gasteiger partial charge on any atom is 0.335 e. The van der Waals surface area contributed by atoms with Crippen molar-refractivity contribution in [1.29, 1.82) is 0 Å². The van der Waals surface area contributed by atoms with Crippen LogP contribution in [0.5, 0.6) is 0 Å². The molecule has 0 amide bonds. The number of benzene rings is 1. The zero-order valence-corrected chi connectivity index (χ0v) is 9.11. The van der Waals surface area contributed by atoms with Crippen LogP contribution in [0.3, 0.4) is 0 Å². The molecule has 1 N–H and O–H groups in total. The van der Waals surface area contributed by atoms with Gasteiger partial charge in [-0.05, 0) is 17.7 Å². The van der Waals surface area contributed by atoms with Crippen molar-refractivity contribution in [1.82, 2.24) is 4.57 Å².